The van der Waals surface area contributed by atoms with Crippen molar-refractivity contribution in [1.82, 2.24) is 10.3 Å². The SMILES string of the molecule is Cc1cccc(COCCC2CCN(c3cncc(OCC4CCCN4)c3)CC2)c1. The number of hydrogen-bond acceptors (Lipinski definition) is 5. The number of piperidine rings is 1. The van der Waals surface area contributed by atoms with Crippen LogP contribution in [0.25, 0.3) is 0 Å². The van der Waals surface area contributed by atoms with Gasteiger partial charge in [-0.05, 0) is 57.1 Å². The fourth-order valence-corrected chi connectivity index (χ4v) is 4.48. The van der Waals surface area contributed by atoms with E-state index >= 15 is 0 Å². The molecule has 0 radical (unpaired) electrons. The van der Waals surface area contributed by atoms with Gasteiger partial charge >= 0.3 is 0 Å². The van der Waals surface area contributed by atoms with Crippen LogP contribution in [0.1, 0.15) is 43.2 Å². The van der Waals surface area contributed by atoms with Crippen molar-refractivity contribution in [3.63, 3.8) is 0 Å². The predicted octanol–water partition coefficient (Wildman–Crippen LogP) is 4.34. The number of rotatable bonds is 9. The molecule has 3 heterocycles. The van der Waals surface area contributed by atoms with Gasteiger partial charge in [-0.25, -0.2) is 0 Å². The summed E-state index contributed by atoms with van der Waals surface area (Å²) >= 11 is 0. The van der Waals surface area contributed by atoms with Crippen molar-refractivity contribution < 1.29 is 9.47 Å². The van der Waals surface area contributed by atoms with Crippen LogP contribution in [0.3, 0.4) is 0 Å². The highest BCUT2D eigenvalue weighted by molar-refractivity contribution is 5.48. The first-order valence-corrected chi connectivity index (χ1v) is 11.5. The Bertz CT molecular complexity index is 783. The summed E-state index contributed by atoms with van der Waals surface area (Å²) in [5.74, 6) is 1.63. The molecule has 2 aromatic rings. The zero-order valence-corrected chi connectivity index (χ0v) is 18.2. The van der Waals surface area contributed by atoms with Gasteiger partial charge in [-0.2, -0.15) is 0 Å². The molecule has 30 heavy (non-hydrogen) atoms. The Hall–Kier alpha value is -2.11. The molecule has 1 atom stereocenters. The van der Waals surface area contributed by atoms with Crippen molar-refractivity contribution in [1.29, 1.82) is 0 Å². The molecule has 1 unspecified atom stereocenters. The minimum atomic E-state index is 0.484. The Kier molecular flexibility index (Phi) is 7.59. The maximum absolute atomic E-state index is 5.98. The van der Waals surface area contributed by atoms with Crippen molar-refractivity contribution in [2.24, 2.45) is 5.92 Å². The summed E-state index contributed by atoms with van der Waals surface area (Å²) in [5, 5.41) is 3.48. The van der Waals surface area contributed by atoms with Gasteiger partial charge in [0.05, 0.1) is 24.7 Å². The fraction of sp³-hybridized carbons (Fsp3) is 0.560. The van der Waals surface area contributed by atoms with Gasteiger partial charge in [-0.3, -0.25) is 4.98 Å². The fourth-order valence-electron chi connectivity index (χ4n) is 4.48. The van der Waals surface area contributed by atoms with E-state index in [1.165, 1.54) is 42.5 Å². The molecule has 5 heteroatoms. The second-order valence-electron chi connectivity index (χ2n) is 8.74. The van der Waals surface area contributed by atoms with Crippen molar-refractivity contribution in [2.45, 2.75) is 51.7 Å². The molecule has 0 bridgehead atoms. The van der Waals surface area contributed by atoms with Gasteiger partial charge in [0, 0.05) is 31.8 Å². The summed E-state index contributed by atoms with van der Waals surface area (Å²) in [6, 6.07) is 11.2. The second-order valence-corrected chi connectivity index (χ2v) is 8.74. The zero-order valence-electron chi connectivity index (χ0n) is 18.2. The quantitative estimate of drug-likeness (QED) is 0.624. The van der Waals surface area contributed by atoms with E-state index in [2.05, 4.69) is 52.5 Å². The molecule has 2 aliphatic rings. The lowest BCUT2D eigenvalue weighted by Crippen LogP contribution is -2.34. The van der Waals surface area contributed by atoms with Gasteiger partial charge in [0.25, 0.3) is 0 Å². The molecular formula is C25H35N3O2. The van der Waals surface area contributed by atoms with E-state index in [9.17, 15) is 0 Å². The Labute approximate surface area is 180 Å². The Morgan fingerprint density at radius 2 is 2.03 bits per heavy atom. The van der Waals surface area contributed by atoms with Crippen LogP contribution >= 0.6 is 0 Å². The molecule has 5 nitrogen and oxygen atoms in total. The molecule has 2 fully saturated rings. The van der Waals surface area contributed by atoms with E-state index in [1.807, 2.05) is 12.4 Å². The summed E-state index contributed by atoms with van der Waals surface area (Å²) in [6.45, 7) is 7.69. The maximum atomic E-state index is 5.98. The molecule has 1 aromatic carbocycles. The summed E-state index contributed by atoms with van der Waals surface area (Å²) in [4.78, 5) is 6.85. The molecule has 0 aliphatic carbocycles. The van der Waals surface area contributed by atoms with Crippen molar-refractivity contribution >= 4 is 5.69 Å². The summed E-state index contributed by atoms with van der Waals surface area (Å²) in [7, 11) is 0. The third-order valence-corrected chi connectivity index (χ3v) is 6.31. The van der Waals surface area contributed by atoms with Gasteiger partial charge in [0.15, 0.2) is 0 Å². The van der Waals surface area contributed by atoms with Crippen LogP contribution in [0.4, 0.5) is 5.69 Å². The van der Waals surface area contributed by atoms with E-state index in [0.717, 1.165) is 57.5 Å². The molecule has 2 saturated heterocycles. The Balaban J connectivity index is 1.16. The number of hydrogen-bond donors (Lipinski definition) is 1. The Morgan fingerprint density at radius 3 is 2.83 bits per heavy atom. The zero-order chi connectivity index (χ0) is 20.6. The number of pyridine rings is 1. The monoisotopic (exact) mass is 409 g/mol. The maximum Gasteiger partial charge on any atom is 0.139 e. The van der Waals surface area contributed by atoms with Crippen molar-refractivity contribution in [3.05, 3.63) is 53.9 Å². The van der Waals surface area contributed by atoms with Crippen LogP contribution in [0.15, 0.2) is 42.7 Å². The molecule has 0 saturated carbocycles. The van der Waals surface area contributed by atoms with E-state index < -0.39 is 0 Å². The second kappa shape index (κ2) is 10.8. The first kappa shape index (κ1) is 21.1. The summed E-state index contributed by atoms with van der Waals surface area (Å²) in [5.41, 5.74) is 3.74. The van der Waals surface area contributed by atoms with E-state index in [4.69, 9.17) is 9.47 Å². The van der Waals surface area contributed by atoms with Crippen LogP contribution in [0, 0.1) is 12.8 Å². The average molecular weight is 410 g/mol. The number of ether oxygens (including phenoxy) is 2. The number of aryl methyl sites for hydroxylation is 1. The standard InChI is InChI=1S/C25H35N3O2/c1-20-4-2-5-22(14-20)18-29-13-9-21-7-11-28(12-8-21)24-15-25(17-26-16-24)30-19-23-6-3-10-27-23/h2,4-5,14-17,21,23,27H,3,6-13,18-19H2,1H3. The van der Waals surface area contributed by atoms with Crippen LogP contribution in [-0.2, 0) is 11.3 Å². The highest BCUT2D eigenvalue weighted by atomic mass is 16.5. The van der Waals surface area contributed by atoms with Gasteiger partial charge in [0.2, 0.25) is 0 Å². The molecular weight excluding hydrogens is 374 g/mol. The third kappa shape index (κ3) is 6.19. The molecule has 0 amide bonds. The minimum Gasteiger partial charge on any atom is -0.490 e. The number of anilines is 1. The topological polar surface area (TPSA) is 46.6 Å². The summed E-state index contributed by atoms with van der Waals surface area (Å²) < 4.78 is 11.9. The number of aromatic nitrogens is 1. The molecule has 0 spiro atoms. The average Bonchev–Trinajstić information content (AvgIpc) is 3.30. The highest BCUT2D eigenvalue weighted by Gasteiger charge is 2.20. The minimum absolute atomic E-state index is 0.484. The number of nitrogens with one attached hydrogen (secondary N) is 1. The number of nitrogens with zero attached hydrogens (tertiary/aromatic N) is 2. The van der Waals surface area contributed by atoms with Gasteiger partial charge in [-0.1, -0.05) is 29.8 Å². The molecule has 2 aliphatic heterocycles. The number of benzene rings is 1. The lowest BCUT2D eigenvalue weighted by Gasteiger charge is -2.33. The highest BCUT2D eigenvalue weighted by Crippen LogP contribution is 2.27. The molecule has 1 aromatic heterocycles. The third-order valence-electron chi connectivity index (χ3n) is 6.31. The van der Waals surface area contributed by atoms with Gasteiger partial charge in [-0.15, -0.1) is 0 Å². The lowest BCUT2D eigenvalue weighted by atomic mass is 9.94. The van der Waals surface area contributed by atoms with E-state index in [0.29, 0.717) is 6.04 Å². The van der Waals surface area contributed by atoms with Crippen LogP contribution < -0.4 is 15.0 Å². The Morgan fingerprint density at radius 1 is 1.13 bits per heavy atom. The van der Waals surface area contributed by atoms with Crippen LogP contribution in [0.2, 0.25) is 0 Å². The van der Waals surface area contributed by atoms with Crippen LogP contribution in [0.5, 0.6) is 5.75 Å². The summed E-state index contributed by atoms with van der Waals surface area (Å²) in [6.07, 6.45) is 9.82. The van der Waals surface area contributed by atoms with Crippen LogP contribution in [-0.4, -0.2) is 43.9 Å². The van der Waals surface area contributed by atoms with Gasteiger partial charge in [0.1, 0.15) is 12.4 Å². The smallest absolute Gasteiger partial charge is 0.139 e. The molecule has 162 valence electrons. The van der Waals surface area contributed by atoms with Crippen molar-refractivity contribution in [2.75, 3.05) is 37.7 Å². The first-order valence-electron chi connectivity index (χ1n) is 11.5. The first-order chi connectivity index (χ1) is 14.8. The largest absolute Gasteiger partial charge is 0.490 e. The molecule has 4 rings (SSSR count). The lowest BCUT2D eigenvalue weighted by molar-refractivity contribution is 0.104. The van der Waals surface area contributed by atoms with E-state index in [-0.39, 0.29) is 0 Å². The van der Waals surface area contributed by atoms with Crippen molar-refractivity contribution in [3.8, 4) is 5.75 Å². The molecule has 1 N–H and O–H groups in total. The van der Waals surface area contributed by atoms with Gasteiger partial charge < -0.3 is 19.7 Å². The van der Waals surface area contributed by atoms with E-state index in [1.54, 1.807) is 0 Å². The normalized spacial score (nSPS) is 19.9. The predicted molar refractivity (Wildman–Crippen MR) is 121 cm³/mol.